The Hall–Kier alpha value is -1.78. The van der Waals surface area contributed by atoms with E-state index < -0.39 is 15.9 Å². The topological polar surface area (TPSA) is 94.5 Å². The zero-order valence-corrected chi connectivity index (χ0v) is 16.0. The molecule has 27 heavy (non-hydrogen) atoms. The van der Waals surface area contributed by atoms with Gasteiger partial charge in [0, 0.05) is 23.6 Å². The molecule has 1 amide bonds. The van der Waals surface area contributed by atoms with E-state index in [2.05, 4.69) is 4.99 Å². The summed E-state index contributed by atoms with van der Waals surface area (Å²) in [6.07, 6.45) is 1.02. The van der Waals surface area contributed by atoms with Gasteiger partial charge in [0.2, 0.25) is 6.79 Å². The Labute approximate surface area is 160 Å². The molecule has 144 valence electrons. The van der Waals surface area contributed by atoms with Gasteiger partial charge < -0.3 is 19.1 Å². The molecule has 0 spiro atoms. The van der Waals surface area contributed by atoms with Crippen LogP contribution in [0.1, 0.15) is 12.8 Å². The number of ether oxygens (including phenoxy) is 3. The Morgan fingerprint density at radius 1 is 1.22 bits per heavy atom. The highest BCUT2D eigenvalue weighted by atomic mass is 32.2. The lowest BCUT2D eigenvalue weighted by molar-refractivity contribution is -0.126. The van der Waals surface area contributed by atoms with Crippen molar-refractivity contribution in [3.8, 4) is 11.5 Å². The number of carbonyl (C=O) groups excluding carboxylic acids is 1. The maximum absolute atomic E-state index is 12.5. The van der Waals surface area contributed by atoms with E-state index >= 15 is 0 Å². The maximum Gasteiger partial charge on any atom is 0.277 e. The van der Waals surface area contributed by atoms with Crippen molar-refractivity contribution >= 4 is 38.4 Å². The summed E-state index contributed by atoms with van der Waals surface area (Å²) in [5.41, 5.74) is 0.746. The summed E-state index contributed by atoms with van der Waals surface area (Å²) in [4.78, 5) is 18.7. The molecule has 8 nitrogen and oxygen atoms in total. The lowest BCUT2D eigenvalue weighted by atomic mass is 10.2. The summed E-state index contributed by atoms with van der Waals surface area (Å²) < 4.78 is 40.5. The fraction of sp³-hybridized carbons (Fsp3) is 0.529. The Morgan fingerprint density at radius 3 is 2.89 bits per heavy atom. The van der Waals surface area contributed by atoms with Crippen LogP contribution < -0.4 is 14.4 Å². The summed E-state index contributed by atoms with van der Waals surface area (Å²) >= 11 is 1.36. The number of aliphatic imine (C=N–C) groups is 1. The first kappa shape index (κ1) is 17.3. The van der Waals surface area contributed by atoms with Crippen molar-refractivity contribution in [3.05, 3.63) is 18.2 Å². The SMILES string of the molecule is O=C(N=C1SC2CS(=O)(=O)CC2N1c1ccc2c(c1)OCO2)C1CCCO1. The zero-order chi connectivity index (χ0) is 18.6. The molecule has 4 heterocycles. The molecule has 1 aromatic rings. The van der Waals surface area contributed by atoms with Crippen LogP contribution in [0.25, 0.3) is 0 Å². The largest absolute Gasteiger partial charge is 0.454 e. The van der Waals surface area contributed by atoms with Gasteiger partial charge in [0.15, 0.2) is 26.5 Å². The average molecular weight is 410 g/mol. The van der Waals surface area contributed by atoms with Crippen molar-refractivity contribution in [1.82, 2.24) is 0 Å². The number of carbonyl (C=O) groups is 1. The zero-order valence-electron chi connectivity index (χ0n) is 14.4. The minimum absolute atomic E-state index is 0.0479. The average Bonchev–Trinajstić information content (AvgIpc) is 3.36. The summed E-state index contributed by atoms with van der Waals surface area (Å²) in [5, 5.41) is 0.385. The highest BCUT2D eigenvalue weighted by molar-refractivity contribution is 8.16. The number of fused-ring (bicyclic) bond motifs is 2. The predicted octanol–water partition coefficient (Wildman–Crippen LogP) is 1.20. The van der Waals surface area contributed by atoms with Crippen LogP contribution in [0.4, 0.5) is 5.69 Å². The summed E-state index contributed by atoms with van der Waals surface area (Å²) in [6.45, 7) is 0.732. The number of benzene rings is 1. The minimum Gasteiger partial charge on any atom is -0.454 e. The van der Waals surface area contributed by atoms with Gasteiger partial charge in [-0.3, -0.25) is 4.79 Å². The number of rotatable bonds is 2. The molecule has 3 unspecified atom stereocenters. The van der Waals surface area contributed by atoms with Crippen LogP contribution in [0.2, 0.25) is 0 Å². The lowest BCUT2D eigenvalue weighted by Gasteiger charge is -2.24. The van der Waals surface area contributed by atoms with Crippen molar-refractivity contribution in [2.45, 2.75) is 30.2 Å². The summed E-state index contributed by atoms with van der Waals surface area (Å²) in [7, 11) is -3.11. The number of hydrogen-bond donors (Lipinski definition) is 0. The highest BCUT2D eigenvalue weighted by Crippen LogP contribution is 2.44. The smallest absolute Gasteiger partial charge is 0.277 e. The molecule has 0 aromatic heterocycles. The van der Waals surface area contributed by atoms with Gasteiger partial charge in [-0.15, -0.1) is 0 Å². The molecule has 0 aliphatic carbocycles. The van der Waals surface area contributed by atoms with E-state index in [-0.39, 0.29) is 35.5 Å². The summed E-state index contributed by atoms with van der Waals surface area (Å²) in [5.74, 6) is 1.09. The molecule has 3 saturated heterocycles. The normalized spacial score (nSPS) is 32.2. The van der Waals surface area contributed by atoms with Crippen molar-refractivity contribution in [2.75, 3.05) is 29.8 Å². The van der Waals surface area contributed by atoms with Crippen molar-refractivity contribution in [2.24, 2.45) is 4.99 Å². The van der Waals surface area contributed by atoms with Crippen LogP contribution in [0.15, 0.2) is 23.2 Å². The molecule has 5 rings (SSSR count). The van der Waals surface area contributed by atoms with Gasteiger partial charge in [0.25, 0.3) is 5.91 Å². The van der Waals surface area contributed by atoms with Gasteiger partial charge in [-0.1, -0.05) is 11.8 Å². The quantitative estimate of drug-likeness (QED) is 0.718. The first-order chi connectivity index (χ1) is 13.0. The number of thioether (sulfide) groups is 1. The van der Waals surface area contributed by atoms with E-state index in [9.17, 15) is 13.2 Å². The first-order valence-corrected chi connectivity index (χ1v) is 11.5. The molecule has 10 heteroatoms. The van der Waals surface area contributed by atoms with Gasteiger partial charge in [0.1, 0.15) is 6.10 Å². The van der Waals surface area contributed by atoms with Crippen molar-refractivity contribution < 1.29 is 27.4 Å². The molecule has 3 fully saturated rings. The molecule has 0 N–H and O–H groups in total. The van der Waals surface area contributed by atoms with E-state index in [1.807, 2.05) is 17.0 Å². The molecule has 4 aliphatic heterocycles. The van der Waals surface area contributed by atoms with E-state index in [1.165, 1.54) is 11.8 Å². The number of hydrogen-bond acceptors (Lipinski definition) is 7. The van der Waals surface area contributed by atoms with E-state index in [4.69, 9.17) is 14.2 Å². The van der Waals surface area contributed by atoms with E-state index in [0.717, 1.165) is 12.1 Å². The second-order valence-electron chi connectivity index (χ2n) is 6.94. The second kappa shape index (κ2) is 6.39. The van der Waals surface area contributed by atoms with Crippen LogP contribution in [-0.4, -0.2) is 61.8 Å². The number of amides is 1. The van der Waals surface area contributed by atoms with Crippen LogP contribution >= 0.6 is 11.8 Å². The third kappa shape index (κ3) is 3.09. The van der Waals surface area contributed by atoms with Crippen molar-refractivity contribution in [3.63, 3.8) is 0 Å². The third-order valence-electron chi connectivity index (χ3n) is 5.11. The highest BCUT2D eigenvalue weighted by Gasteiger charge is 2.49. The molecule has 3 atom stereocenters. The van der Waals surface area contributed by atoms with Gasteiger partial charge in [-0.25, -0.2) is 8.42 Å². The molecular weight excluding hydrogens is 392 g/mol. The number of nitrogens with zero attached hydrogens (tertiary/aromatic N) is 2. The van der Waals surface area contributed by atoms with Gasteiger partial charge >= 0.3 is 0 Å². The van der Waals surface area contributed by atoms with Gasteiger partial charge in [-0.2, -0.15) is 4.99 Å². The minimum atomic E-state index is -3.11. The van der Waals surface area contributed by atoms with E-state index in [0.29, 0.717) is 29.7 Å². The molecule has 0 saturated carbocycles. The molecule has 0 radical (unpaired) electrons. The summed E-state index contributed by atoms with van der Waals surface area (Å²) in [6, 6.07) is 5.19. The number of sulfone groups is 1. The Bertz CT molecular complexity index is 925. The van der Waals surface area contributed by atoms with E-state index in [1.54, 1.807) is 6.07 Å². The predicted molar refractivity (Wildman–Crippen MR) is 100 cm³/mol. The second-order valence-corrected chi connectivity index (χ2v) is 10.3. The van der Waals surface area contributed by atoms with Crippen LogP contribution in [0.3, 0.4) is 0 Å². The third-order valence-corrected chi connectivity index (χ3v) is 8.32. The fourth-order valence-electron chi connectivity index (χ4n) is 3.84. The van der Waals surface area contributed by atoms with Gasteiger partial charge in [0.05, 0.1) is 17.5 Å². The number of anilines is 1. The molecular formula is C17H18N2O6S2. The Balaban J connectivity index is 1.51. The lowest BCUT2D eigenvalue weighted by Crippen LogP contribution is -2.38. The molecule has 4 aliphatic rings. The van der Waals surface area contributed by atoms with Crippen LogP contribution in [-0.2, 0) is 19.4 Å². The molecule has 0 bridgehead atoms. The monoisotopic (exact) mass is 410 g/mol. The first-order valence-electron chi connectivity index (χ1n) is 8.80. The molecule has 1 aromatic carbocycles. The standard InChI is InChI=1S/C17H18N2O6S2/c20-16(13-2-1-5-23-13)18-17-19(11-7-27(21,22)8-15(11)26-17)10-3-4-12-14(6-10)25-9-24-12/h3-4,6,11,13,15H,1-2,5,7-9H2. The van der Waals surface area contributed by atoms with Gasteiger partial charge in [-0.05, 0) is 25.0 Å². The Morgan fingerprint density at radius 2 is 2.07 bits per heavy atom. The maximum atomic E-state index is 12.5. The fourth-order valence-corrected chi connectivity index (χ4v) is 7.76. The van der Waals surface area contributed by atoms with Crippen LogP contribution in [0.5, 0.6) is 11.5 Å². The van der Waals surface area contributed by atoms with Crippen molar-refractivity contribution in [1.29, 1.82) is 0 Å². The Kier molecular flexibility index (Phi) is 4.10. The number of amidine groups is 1. The van der Waals surface area contributed by atoms with Crippen LogP contribution in [0, 0.1) is 0 Å².